The molecule has 0 bridgehead atoms. The molecule has 4 nitrogen and oxygen atoms in total. The fourth-order valence-electron chi connectivity index (χ4n) is 2.76. The maximum Gasteiger partial charge on any atom is 0.320 e. The van der Waals surface area contributed by atoms with Crippen molar-refractivity contribution in [3.05, 3.63) is 0 Å². The van der Waals surface area contributed by atoms with E-state index in [9.17, 15) is 4.79 Å². The maximum atomic E-state index is 11.8. The Bertz CT molecular complexity index is 252. The van der Waals surface area contributed by atoms with Crippen molar-refractivity contribution in [1.29, 1.82) is 0 Å². The van der Waals surface area contributed by atoms with Gasteiger partial charge in [0.15, 0.2) is 0 Å². The summed E-state index contributed by atoms with van der Waals surface area (Å²) >= 11 is 0. The van der Waals surface area contributed by atoms with Crippen LogP contribution in [0.25, 0.3) is 0 Å². The molecule has 0 aromatic carbocycles. The molecule has 1 aliphatic heterocycles. The molecule has 0 radical (unpaired) electrons. The van der Waals surface area contributed by atoms with Crippen LogP contribution in [0.1, 0.15) is 32.6 Å². The number of carbonyl (C=O) groups excluding carboxylic acids is 1. The van der Waals surface area contributed by atoms with E-state index in [1.54, 1.807) is 0 Å². The maximum absolute atomic E-state index is 11.8. The van der Waals surface area contributed by atoms with Gasteiger partial charge in [-0.25, -0.2) is 0 Å². The van der Waals surface area contributed by atoms with Gasteiger partial charge in [-0.05, 0) is 25.2 Å². The lowest BCUT2D eigenvalue weighted by molar-refractivity contribution is -0.152. The molecule has 1 heterocycles. The van der Waals surface area contributed by atoms with Gasteiger partial charge < -0.3 is 10.1 Å². The van der Waals surface area contributed by atoms with Crippen LogP contribution >= 0.6 is 0 Å². The molecule has 4 heteroatoms. The molecule has 1 saturated heterocycles. The lowest BCUT2D eigenvalue weighted by atomic mass is 9.89. The quantitative estimate of drug-likeness (QED) is 0.748. The summed E-state index contributed by atoms with van der Waals surface area (Å²) < 4.78 is 5.56. The van der Waals surface area contributed by atoms with Gasteiger partial charge in [-0.15, -0.1) is 0 Å². The largest absolute Gasteiger partial charge is 0.461 e. The fourth-order valence-corrected chi connectivity index (χ4v) is 2.76. The lowest BCUT2D eigenvalue weighted by Crippen LogP contribution is -2.46. The normalized spacial score (nSPS) is 31.1. The first-order chi connectivity index (χ1) is 8.24. The van der Waals surface area contributed by atoms with Gasteiger partial charge in [0, 0.05) is 26.2 Å². The smallest absolute Gasteiger partial charge is 0.320 e. The van der Waals surface area contributed by atoms with Crippen LogP contribution in [0.4, 0.5) is 0 Å². The standard InChI is InChI=1S/C13H24N2O2/c1-11-3-2-4-12(9-11)17-13(16)10-15-7-5-14-6-8-15/h11-12,14H,2-10H2,1H3. The van der Waals surface area contributed by atoms with Gasteiger partial charge in [-0.1, -0.05) is 13.3 Å². The summed E-state index contributed by atoms with van der Waals surface area (Å²) in [5.74, 6) is 0.673. The predicted molar refractivity (Wildman–Crippen MR) is 66.8 cm³/mol. The van der Waals surface area contributed by atoms with Crippen LogP contribution in [0.15, 0.2) is 0 Å². The van der Waals surface area contributed by atoms with Gasteiger partial charge >= 0.3 is 5.97 Å². The molecule has 0 aromatic rings. The van der Waals surface area contributed by atoms with Crippen LogP contribution in [0.3, 0.4) is 0 Å². The molecule has 17 heavy (non-hydrogen) atoms. The van der Waals surface area contributed by atoms with E-state index in [1.807, 2.05) is 0 Å². The second-order valence-corrected chi connectivity index (χ2v) is 5.41. The van der Waals surface area contributed by atoms with Crippen LogP contribution in [0, 0.1) is 5.92 Å². The minimum absolute atomic E-state index is 0.0361. The third kappa shape index (κ3) is 4.28. The molecule has 2 aliphatic rings. The van der Waals surface area contributed by atoms with Gasteiger partial charge in [0.25, 0.3) is 0 Å². The van der Waals surface area contributed by atoms with E-state index in [0.717, 1.165) is 39.0 Å². The number of hydrogen-bond donors (Lipinski definition) is 1. The van der Waals surface area contributed by atoms with Crippen molar-refractivity contribution >= 4 is 5.97 Å². The van der Waals surface area contributed by atoms with E-state index in [2.05, 4.69) is 17.1 Å². The Labute approximate surface area is 104 Å². The zero-order valence-electron chi connectivity index (χ0n) is 10.8. The lowest BCUT2D eigenvalue weighted by Gasteiger charge is -2.29. The van der Waals surface area contributed by atoms with Gasteiger partial charge in [-0.3, -0.25) is 9.69 Å². The zero-order chi connectivity index (χ0) is 12.1. The second kappa shape index (κ2) is 6.36. The molecule has 1 saturated carbocycles. The summed E-state index contributed by atoms with van der Waals surface area (Å²) in [7, 11) is 0. The Morgan fingerprint density at radius 2 is 2.12 bits per heavy atom. The van der Waals surface area contributed by atoms with Crippen LogP contribution < -0.4 is 5.32 Å². The van der Waals surface area contributed by atoms with E-state index in [0.29, 0.717) is 12.5 Å². The van der Waals surface area contributed by atoms with Crippen LogP contribution in [0.2, 0.25) is 0 Å². The molecule has 2 unspecified atom stereocenters. The SMILES string of the molecule is CC1CCCC(OC(=O)CN2CCNCC2)C1. The highest BCUT2D eigenvalue weighted by Crippen LogP contribution is 2.25. The highest BCUT2D eigenvalue weighted by atomic mass is 16.5. The van der Waals surface area contributed by atoms with Gasteiger partial charge in [0.05, 0.1) is 6.54 Å². The molecular weight excluding hydrogens is 216 g/mol. The van der Waals surface area contributed by atoms with Crippen LogP contribution in [-0.2, 0) is 9.53 Å². The third-order valence-corrected chi connectivity index (χ3v) is 3.75. The second-order valence-electron chi connectivity index (χ2n) is 5.41. The van der Waals surface area contributed by atoms with Gasteiger partial charge in [-0.2, -0.15) is 0 Å². The van der Waals surface area contributed by atoms with Crippen molar-refractivity contribution in [2.75, 3.05) is 32.7 Å². The average molecular weight is 240 g/mol. The number of piperazine rings is 1. The van der Waals surface area contributed by atoms with Gasteiger partial charge in [0.1, 0.15) is 6.10 Å². The topological polar surface area (TPSA) is 41.6 Å². The van der Waals surface area contributed by atoms with E-state index in [-0.39, 0.29) is 12.1 Å². The molecule has 2 rings (SSSR count). The number of esters is 1. The monoisotopic (exact) mass is 240 g/mol. The number of hydrogen-bond acceptors (Lipinski definition) is 4. The first-order valence-electron chi connectivity index (χ1n) is 6.86. The first kappa shape index (κ1) is 12.8. The van der Waals surface area contributed by atoms with Crippen molar-refractivity contribution in [3.8, 4) is 0 Å². The number of nitrogens with one attached hydrogen (secondary N) is 1. The van der Waals surface area contributed by atoms with Gasteiger partial charge in [0.2, 0.25) is 0 Å². The Morgan fingerprint density at radius 3 is 2.82 bits per heavy atom. The molecule has 98 valence electrons. The predicted octanol–water partition coefficient (Wildman–Crippen LogP) is 1.01. The Morgan fingerprint density at radius 1 is 1.35 bits per heavy atom. The van der Waals surface area contributed by atoms with E-state index >= 15 is 0 Å². The molecule has 2 atom stereocenters. The minimum Gasteiger partial charge on any atom is -0.461 e. The number of nitrogens with zero attached hydrogens (tertiary/aromatic N) is 1. The molecule has 0 amide bonds. The number of carbonyl (C=O) groups is 1. The zero-order valence-corrected chi connectivity index (χ0v) is 10.8. The number of ether oxygens (including phenoxy) is 1. The molecule has 0 spiro atoms. The minimum atomic E-state index is -0.0361. The Kier molecular flexibility index (Phi) is 4.80. The first-order valence-corrected chi connectivity index (χ1v) is 6.86. The average Bonchev–Trinajstić information content (AvgIpc) is 2.30. The Hall–Kier alpha value is -0.610. The van der Waals surface area contributed by atoms with E-state index in [1.165, 1.54) is 12.8 Å². The summed E-state index contributed by atoms with van der Waals surface area (Å²) in [6.45, 7) is 6.58. The summed E-state index contributed by atoms with van der Waals surface area (Å²) in [6, 6.07) is 0. The highest BCUT2D eigenvalue weighted by Gasteiger charge is 2.23. The number of rotatable bonds is 3. The van der Waals surface area contributed by atoms with Crippen molar-refractivity contribution < 1.29 is 9.53 Å². The van der Waals surface area contributed by atoms with Crippen molar-refractivity contribution in [2.24, 2.45) is 5.92 Å². The summed E-state index contributed by atoms with van der Waals surface area (Å²) in [5.41, 5.74) is 0. The highest BCUT2D eigenvalue weighted by molar-refractivity contribution is 5.71. The summed E-state index contributed by atoms with van der Waals surface area (Å²) in [6.07, 6.45) is 4.76. The van der Waals surface area contributed by atoms with E-state index < -0.39 is 0 Å². The Balaban J connectivity index is 1.68. The third-order valence-electron chi connectivity index (χ3n) is 3.75. The van der Waals surface area contributed by atoms with Crippen molar-refractivity contribution in [3.63, 3.8) is 0 Å². The molecule has 1 N–H and O–H groups in total. The molecular formula is C13H24N2O2. The van der Waals surface area contributed by atoms with E-state index in [4.69, 9.17) is 4.74 Å². The van der Waals surface area contributed by atoms with Crippen LogP contribution in [0.5, 0.6) is 0 Å². The van der Waals surface area contributed by atoms with Crippen molar-refractivity contribution in [2.45, 2.75) is 38.7 Å². The summed E-state index contributed by atoms with van der Waals surface area (Å²) in [4.78, 5) is 14.0. The van der Waals surface area contributed by atoms with Crippen LogP contribution in [-0.4, -0.2) is 49.7 Å². The van der Waals surface area contributed by atoms with Crippen molar-refractivity contribution in [1.82, 2.24) is 10.2 Å². The fraction of sp³-hybridized carbons (Fsp3) is 0.923. The molecule has 0 aromatic heterocycles. The molecule has 1 aliphatic carbocycles. The summed E-state index contributed by atoms with van der Waals surface area (Å²) in [5, 5.41) is 3.28. The molecule has 2 fully saturated rings.